The molecule has 2 aromatic carbocycles. The molecule has 182 valence electrons. The van der Waals surface area contributed by atoms with E-state index < -0.39 is 16.1 Å². The molecule has 0 saturated heterocycles. The van der Waals surface area contributed by atoms with Crippen LogP contribution in [-0.4, -0.2) is 32.8 Å². The highest BCUT2D eigenvalue weighted by Gasteiger charge is 2.31. The largest absolute Gasteiger partial charge is 0.348 e. The van der Waals surface area contributed by atoms with Crippen molar-refractivity contribution in [3.8, 4) is 0 Å². The summed E-state index contributed by atoms with van der Waals surface area (Å²) < 4.78 is 29.2. The number of benzene rings is 2. The summed E-state index contributed by atoms with van der Waals surface area (Å²) in [6, 6.07) is 11.9. The minimum atomic E-state index is -3.93. The standard InChI is InChI=1S/C26H33N3O4S/c1-17(2)15-24(26(31)27-23-10-6-8-19-7-4-5-9-22(19)23)28-34(32,33)21-11-12-25-20(16-21)13-14-29(25)18(3)30/h4-5,7,9,11-12,16-17,23-24,28H,6,8,10,13-15H2,1-3H3,(H,27,31)/t23-,24+/m1/s1. The maximum Gasteiger partial charge on any atom is 0.241 e. The molecule has 7 nitrogen and oxygen atoms in total. The molecule has 2 amide bonds. The van der Waals surface area contributed by atoms with Crippen LogP contribution in [0.4, 0.5) is 5.69 Å². The maximum atomic E-state index is 13.3. The molecule has 0 radical (unpaired) electrons. The number of fused-ring (bicyclic) bond motifs is 2. The van der Waals surface area contributed by atoms with Crippen molar-refractivity contribution >= 4 is 27.5 Å². The molecular formula is C26H33N3O4S. The van der Waals surface area contributed by atoms with Gasteiger partial charge in [-0.2, -0.15) is 4.72 Å². The van der Waals surface area contributed by atoms with Crippen LogP contribution in [0.15, 0.2) is 47.4 Å². The molecule has 4 rings (SSSR count). The fourth-order valence-electron chi connectivity index (χ4n) is 4.98. The second-order valence-corrected chi connectivity index (χ2v) is 11.4. The van der Waals surface area contributed by atoms with Crippen LogP contribution in [0.5, 0.6) is 0 Å². The van der Waals surface area contributed by atoms with Crippen LogP contribution in [0.25, 0.3) is 0 Å². The third kappa shape index (κ3) is 5.18. The zero-order valence-electron chi connectivity index (χ0n) is 20.0. The summed E-state index contributed by atoms with van der Waals surface area (Å²) in [7, 11) is -3.93. The Morgan fingerprint density at radius 2 is 1.85 bits per heavy atom. The molecule has 0 spiro atoms. The van der Waals surface area contributed by atoms with Gasteiger partial charge >= 0.3 is 0 Å². The summed E-state index contributed by atoms with van der Waals surface area (Å²) >= 11 is 0. The number of carbonyl (C=O) groups is 2. The average Bonchev–Trinajstić information content (AvgIpc) is 3.22. The normalized spacial score (nSPS) is 18.4. The quantitative estimate of drug-likeness (QED) is 0.630. The van der Waals surface area contributed by atoms with Gasteiger partial charge in [-0.25, -0.2) is 8.42 Å². The van der Waals surface area contributed by atoms with Gasteiger partial charge in [0.15, 0.2) is 0 Å². The summed E-state index contributed by atoms with van der Waals surface area (Å²) in [4.78, 5) is 26.9. The molecule has 1 aliphatic carbocycles. The Morgan fingerprint density at radius 3 is 2.59 bits per heavy atom. The Morgan fingerprint density at radius 1 is 1.09 bits per heavy atom. The SMILES string of the molecule is CC(=O)N1CCc2cc(S(=O)(=O)N[C@@H](CC(C)C)C(=O)N[C@@H]3CCCc4ccccc43)ccc21. The van der Waals surface area contributed by atoms with Crippen LogP contribution in [0.3, 0.4) is 0 Å². The molecule has 0 bridgehead atoms. The third-order valence-corrected chi connectivity index (χ3v) is 8.11. The Balaban J connectivity index is 1.53. The number of carbonyl (C=O) groups excluding carboxylic acids is 2. The average molecular weight is 484 g/mol. The van der Waals surface area contributed by atoms with Gasteiger partial charge in [0.05, 0.1) is 10.9 Å². The van der Waals surface area contributed by atoms with Crippen LogP contribution in [-0.2, 0) is 32.5 Å². The van der Waals surface area contributed by atoms with Gasteiger partial charge in [-0.15, -0.1) is 0 Å². The number of amides is 2. The van der Waals surface area contributed by atoms with Crippen molar-refractivity contribution in [1.82, 2.24) is 10.0 Å². The molecule has 2 aliphatic rings. The van der Waals surface area contributed by atoms with Crippen molar-refractivity contribution in [3.63, 3.8) is 0 Å². The van der Waals surface area contributed by atoms with E-state index in [1.807, 2.05) is 32.0 Å². The van der Waals surface area contributed by atoms with Crippen molar-refractivity contribution in [3.05, 3.63) is 59.2 Å². The number of aryl methyl sites for hydroxylation is 1. The van der Waals surface area contributed by atoms with E-state index in [4.69, 9.17) is 0 Å². The molecule has 2 atom stereocenters. The fraction of sp³-hybridized carbons (Fsp3) is 0.462. The van der Waals surface area contributed by atoms with E-state index in [9.17, 15) is 18.0 Å². The highest BCUT2D eigenvalue weighted by molar-refractivity contribution is 7.89. The minimum absolute atomic E-state index is 0.0644. The number of sulfonamides is 1. The first-order chi connectivity index (χ1) is 16.2. The highest BCUT2D eigenvalue weighted by atomic mass is 32.2. The minimum Gasteiger partial charge on any atom is -0.348 e. The number of nitrogens with zero attached hydrogens (tertiary/aromatic N) is 1. The van der Waals surface area contributed by atoms with Gasteiger partial charge < -0.3 is 10.2 Å². The lowest BCUT2D eigenvalue weighted by Gasteiger charge is -2.29. The molecule has 1 aliphatic heterocycles. The van der Waals surface area contributed by atoms with Crippen molar-refractivity contribution in [2.45, 2.75) is 69.9 Å². The van der Waals surface area contributed by atoms with E-state index in [0.29, 0.717) is 19.4 Å². The van der Waals surface area contributed by atoms with Crippen LogP contribution in [0.2, 0.25) is 0 Å². The number of hydrogen-bond acceptors (Lipinski definition) is 4. The zero-order chi connectivity index (χ0) is 24.5. The number of anilines is 1. The van der Waals surface area contributed by atoms with Crippen LogP contribution >= 0.6 is 0 Å². The molecule has 0 saturated carbocycles. The van der Waals surface area contributed by atoms with Gasteiger partial charge in [-0.05, 0) is 72.9 Å². The molecule has 0 fully saturated rings. The van der Waals surface area contributed by atoms with Gasteiger partial charge in [-0.3, -0.25) is 9.59 Å². The first-order valence-electron chi connectivity index (χ1n) is 12.0. The van der Waals surface area contributed by atoms with Gasteiger partial charge in [0.1, 0.15) is 6.04 Å². The monoisotopic (exact) mass is 483 g/mol. The van der Waals surface area contributed by atoms with Crippen molar-refractivity contribution in [2.75, 3.05) is 11.4 Å². The van der Waals surface area contributed by atoms with E-state index in [1.54, 1.807) is 17.0 Å². The molecule has 2 aromatic rings. The molecular weight excluding hydrogens is 450 g/mol. The third-order valence-electron chi connectivity index (χ3n) is 6.64. The van der Waals surface area contributed by atoms with E-state index in [2.05, 4.69) is 16.1 Å². The van der Waals surface area contributed by atoms with E-state index >= 15 is 0 Å². The van der Waals surface area contributed by atoms with Crippen LogP contribution < -0.4 is 14.9 Å². The van der Waals surface area contributed by atoms with Crippen LogP contribution in [0, 0.1) is 5.92 Å². The first-order valence-corrected chi connectivity index (χ1v) is 13.5. The first kappa shape index (κ1) is 24.4. The van der Waals surface area contributed by atoms with Gasteiger partial charge in [0.25, 0.3) is 0 Å². The second kappa shape index (κ2) is 9.88. The molecule has 34 heavy (non-hydrogen) atoms. The number of hydrogen-bond donors (Lipinski definition) is 2. The zero-order valence-corrected chi connectivity index (χ0v) is 20.8. The van der Waals surface area contributed by atoms with Crippen molar-refractivity contribution < 1.29 is 18.0 Å². The van der Waals surface area contributed by atoms with Gasteiger partial charge in [-0.1, -0.05) is 38.1 Å². The van der Waals surface area contributed by atoms with Crippen molar-refractivity contribution in [1.29, 1.82) is 0 Å². The second-order valence-electron chi connectivity index (χ2n) is 9.67. The van der Waals surface area contributed by atoms with Crippen LogP contribution in [0.1, 0.15) is 62.8 Å². The smallest absolute Gasteiger partial charge is 0.241 e. The summed E-state index contributed by atoms with van der Waals surface area (Å²) in [6.07, 6.45) is 3.80. The van der Waals surface area contributed by atoms with Gasteiger partial charge in [0, 0.05) is 19.2 Å². The topological polar surface area (TPSA) is 95.6 Å². The number of rotatable bonds is 7. The summed E-state index contributed by atoms with van der Waals surface area (Å²) in [5.74, 6) is -0.241. The number of nitrogens with one attached hydrogen (secondary N) is 2. The Labute approximate surface area is 202 Å². The molecule has 1 heterocycles. The van der Waals surface area contributed by atoms with E-state index in [-0.39, 0.29) is 28.7 Å². The molecule has 8 heteroatoms. The lowest BCUT2D eigenvalue weighted by molar-refractivity contribution is -0.124. The predicted molar refractivity (Wildman–Crippen MR) is 132 cm³/mol. The molecule has 2 N–H and O–H groups in total. The maximum absolute atomic E-state index is 13.3. The van der Waals surface area contributed by atoms with Gasteiger partial charge in [0.2, 0.25) is 21.8 Å². The summed E-state index contributed by atoms with van der Waals surface area (Å²) in [5.41, 5.74) is 3.92. The van der Waals surface area contributed by atoms with E-state index in [0.717, 1.165) is 36.1 Å². The highest BCUT2D eigenvalue weighted by Crippen LogP contribution is 2.31. The lowest BCUT2D eigenvalue weighted by Crippen LogP contribution is -2.48. The fourth-order valence-corrected chi connectivity index (χ4v) is 6.24. The summed E-state index contributed by atoms with van der Waals surface area (Å²) in [5, 5.41) is 3.10. The molecule has 0 aromatic heterocycles. The Hall–Kier alpha value is -2.71. The Kier molecular flexibility index (Phi) is 7.09. The Bertz CT molecular complexity index is 1190. The summed E-state index contributed by atoms with van der Waals surface area (Å²) in [6.45, 7) is 5.98. The lowest BCUT2D eigenvalue weighted by atomic mass is 9.87. The molecule has 0 unspecified atom stereocenters. The predicted octanol–water partition coefficient (Wildman–Crippen LogP) is 3.48. The van der Waals surface area contributed by atoms with Crippen molar-refractivity contribution in [2.24, 2.45) is 5.92 Å². The van der Waals surface area contributed by atoms with E-state index in [1.165, 1.54) is 18.6 Å².